The Kier molecular flexibility index (Phi) is 14.8. The first kappa shape index (κ1) is 32.7. The zero-order valence-corrected chi connectivity index (χ0v) is 28.3. The minimum atomic E-state index is -2.81. The fourth-order valence-electron chi connectivity index (χ4n) is 5.39. The van der Waals surface area contributed by atoms with E-state index in [1.807, 2.05) is 6.92 Å². The molecule has 0 aliphatic rings. The van der Waals surface area contributed by atoms with Crippen LogP contribution in [0.5, 0.6) is 5.75 Å². The van der Waals surface area contributed by atoms with Crippen LogP contribution >= 0.6 is 11.6 Å². The van der Waals surface area contributed by atoms with Crippen LogP contribution in [0.25, 0.3) is 3.59 Å². The molecule has 212 valence electrons. The van der Waals surface area contributed by atoms with Crippen molar-refractivity contribution in [3.05, 3.63) is 46.7 Å². The number of methoxy groups -OCH3 is 1. The molecular weight excluding hydrogens is 605 g/mol. The van der Waals surface area contributed by atoms with Crippen LogP contribution in [-0.2, 0) is 11.3 Å². The summed E-state index contributed by atoms with van der Waals surface area (Å²) in [5.41, 5.74) is 3.15. The van der Waals surface area contributed by atoms with Crippen molar-refractivity contribution >= 4 is 38.7 Å². The number of halogens is 1. The quantitative estimate of drug-likeness (QED) is 0.0696. The van der Waals surface area contributed by atoms with Gasteiger partial charge in [-0.25, -0.2) is 0 Å². The zero-order chi connectivity index (χ0) is 28.0. The summed E-state index contributed by atoms with van der Waals surface area (Å²) in [4.78, 5) is 5.03. The van der Waals surface area contributed by atoms with Crippen LogP contribution in [-0.4, -0.2) is 48.0 Å². The summed E-state index contributed by atoms with van der Waals surface area (Å²) >= 11 is 3.81. The van der Waals surface area contributed by atoms with Crippen LogP contribution in [0.4, 0.5) is 0 Å². The molecule has 0 amide bonds. The Labute approximate surface area is 239 Å². The number of benzene rings is 1. The monoisotopic (exact) mass is 653 g/mol. The number of oxime groups is 1. The molecule has 6 nitrogen and oxygen atoms in total. The Hall–Kier alpha value is -1.54. The van der Waals surface area contributed by atoms with Crippen molar-refractivity contribution in [1.29, 1.82) is 0 Å². The van der Waals surface area contributed by atoms with E-state index in [9.17, 15) is 0 Å². The van der Waals surface area contributed by atoms with E-state index < -0.39 is 18.4 Å². The fraction of sp³-hybridized carbons (Fsp3) is 0.633. The summed E-state index contributed by atoms with van der Waals surface area (Å²) in [5, 5.41) is 12.5. The predicted octanol–water partition coefficient (Wildman–Crippen LogP) is 9.04. The third kappa shape index (κ3) is 9.28. The standard InChI is InChI=1S/C18H21ClN3O3.3C4H9.Sn/c1-12-10-14(11-15(17(12)23-3)18(19)22-24-4)8-6-5-7-9-16-21-20-13(2)25-16;3*1-3-4-2;/h6,10-11H,5,7,9H2,1-4H3;3*1,3-4H2,2H3;/b8-6?,22-18-;;;;. The Morgan fingerprint density at radius 1 is 0.974 bits per heavy atom. The van der Waals surface area contributed by atoms with Gasteiger partial charge in [0.1, 0.15) is 0 Å². The topological polar surface area (TPSA) is 69.7 Å². The molecule has 0 bridgehead atoms. The van der Waals surface area contributed by atoms with E-state index in [0.717, 1.165) is 42.0 Å². The van der Waals surface area contributed by atoms with E-state index in [-0.39, 0.29) is 0 Å². The Morgan fingerprint density at radius 3 is 2.11 bits per heavy atom. The molecule has 2 rings (SSSR count). The first-order valence-electron chi connectivity index (χ1n) is 14.3. The van der Waals surface area contributed by atoms with Gasteiger partial charge in [0.2, 0.25) is 0 Å². The normalized spacial score (nSPS) is 12.7. The van der Waals surface area contributed by atoms with Crippen molar-refractivity contribution in [3.63, 3.8) is 0 Å². The zero-order valence-electron chi connectivity index (χ0n) is 24.7. The van der Waals surface area contributed by atoms with Gasteiger partial charge in [0, 0.05) is 0 Å². The van der Waals surface area contributed by atoms with Crippen molar-refractivity contribution in [2.45, 2.75) is 106 Å². The molecule has 0 spiro atoms. The van der Waals surface area contributed by atoms with Crippen LogP contribution in [0.15, 0.2) is 27.8 Å². The maximum atomic E-state index is 6.62. The van der Waals surface area contributed by atoms with Gasteiger partial charge in [-0.1, -0.05) is 0 Å². The molecule has 0 atom stereocenters. The van der Waals surface area contributed by atoms with Crippen molar-refractivity contribution < 1.29 is 14.0 Å². The Bertz CT molecular complexity index is 1030. The molecule has 38 heavy (non-hydrogen) atoms. The third-order valence-corrected chi connectivity index (χ3v) is 23.5. The van der Waals surface area contributed by atoms with Crippen LogP contribution < -0.4 is 4.74 Å². The first-order valence-corrected chi connectivity index (χ1v) is 22.2. The summed E-state index contributed by atoms with van der Waals surface area (Å²) < 4.78 is 17.2. The molecule has 0 N–H and O–H groups in total. The van der Waals surface area contributed by atoms with Gasteiger partial charge in [-0.3, -0.25) is 0 Å². The van der Waals surface area contributed by atoms with Crippen LogP contribution in [0.2, 0.25) is 13.3 Å². The number of aryl methyl sites for hydroxylation is 3. The molecule has 0 aliphatic heterocycles. The van der Waals surface area contributed by atoms with Gasteiger partial charge in [0.25, 0.3) is 0 Å². The van der Waals surface area contributed by atoms with E-state index >= 15 is 0 Å². The third-order valence-electron chi connectivity index (χ3n) is 7.29. The molecule has 1 aromatic heterocycles. The molecule has 0 radical (unpaired) electrons. The van der Waals surface area contributed by atoms with Crippen molar-refractivity contribution in [1.82, 2.24) is 10.2 Å². The van der Waals surface area contributed by atoms with E-state index in [0.29, 0.717) is 11.1 Å². The number of hydrogen-bond donors (Lipinski definition) is 0. The molecule has 2 aromatic rings. The van der Waals surface area contributed by atoms with Gasteiger partial charge in [0.15, 0.2) is 0 Å². The molecule has 0 unspecified atom stereocenters. The number of unbranched alkanes of at least 4 members (excludes halogenated alkanes) is 4. The summed E-state index contributed by atoms with van der Waals surface area (Å²) in [5.74, 6) is 2.10. The summed E-state index contributed by atoms with van der Waals surface area (Å²) in [6.45, 7) is 10.9. The van der Waals surface area contributed by atoms with Gasteiger partial charge >= 0.3 is 240 Å². The summed E-state index contributed by atoms with van der Waals surface area (Å²) in [7, 11) is 3.20. The molecule has 0 fully saturated rings. The summed E-state index contributed by atoms with van der Waals surface area (Å²) in [6.07, 6.45) is 12.9. The molecule has 0 aliphatic carbocycles. The van der Waals surface area contributed by atoms with E-state index in [4.69, 9.17) is 25.6 Å². The number of nitrogens with zero attached hydrogens (tertiary/aromatic N) is 3. The molecule has 1 heterocycles. The van der Waals surface area contributed by atoms with Gasteiger partial charge in [0.05, 0.1) is 0 Å². The number of allylic oxidation sites excluding steroid dienone is 1. The second-order valence-corrected chi connectivity index (χ2v) is 23.7. The SMILES string of the molecule is CCC[CH2][Sn]([CH2]CCC)([CH2]CCC)/[C](=C/CCCc1nnc(C)o1)c1cc(C)c(OC)c(/C(Cl)=N/OC)c1. The average Bonchev–Trinajstić information content (AvgIpc) is 3.33. The second-order valence-electron chi connectivity index (χ2n) is 10.3. The van der Waals surface area contributed by atoms with Crippen molar-refractivity contribution in [3.8, 4) is 5.75 Å². The van der Waals surface area contributed by atoms with E-state index in [1.165, 1.54) is 64.5 Å². The Morgan fingerprint density at radius 2 is 1.61 bits per heavy atom. The molecular formula is C30H48ClN3O3Sn. The molecule has 0 saturated heterocycles. The second kappa shape index (κ2) is 17.2. The van der Waals surface area contributed by atoms with Crippen LogP contribution in [0.1, 0.15) is 101 Å². The minimum absolute atomic E-state index is 0.317. The first-order chi connectivity index (χ1) is 18.3. The molecule has 0 saturated carbocycles. The van der Waals surface area contributed by atoms with Crippen LogP contribution in [0, 0.1) is 13.8 Å². The van der Waals surface area contributed by atoms with Crippen molar-refractivity contribution in [2.24, 2.45) is 5.16 Å². The molecule has 8 heteroatoms. The van der Waals surface area contributed by atoms with Gasteiger partial charge in [-0.15, -0.1) is 0 Å². The maximum absolute atomic E-state index is 6.62. The summed E-state index contributed by atoms with van der Waals surface area (Å²) in [6, 6.07) is 4.50. The molecule has 1 aromatic carbocycles. The fourth-order valence-corrected chi connectivity index (χ4v) is 22.7. The van der Waals surface area contributed by atoms with Crippen LogP contribution in [0.3, 0.4) is 0 Å². The van der Waals surface area contributed by atoms with Gasteiger partial charge in [-0.05, 0) is 0 Å². The van der Waals surface area contributed by atoms with Gasteiger partial charge < -0.3 is 0 Å². The van der Waals surface area contributed by atoms with Crippen molar-refractivity contribution in [2.75, 3.05) is 14.2 Å². The number of aromatic nitrogens is 2. The number of rotatable bonds is 18. The van der Waals surface area contributed by atoms with E-state index in [2.05, 4.69) is 61.3 Å². The van der Waals surface area contributed by atoms with E-state index in [1.54, 1.807) is 10.7 Å². The number of hydrogen-bond acceptors (Lipinski definition) is 6. The van der Waals surface area contributed by atoms with Gasteiger partial charge in [-0.2, -0.15) is 0 Å². The number of ether oxygens (including phenoxy) is 1. The predicted molar refractivity (Wildman–Crippen MR) is 162 cm³/mol. The Balaban J connectivity index is 2.65. The average molecular weight is 653 g/mol.